The van der Waals surface area contributed by atoms with Gasteiger partial charge in [0.2, 0.25) is 15.9 Å². The molecule has 202 valence electrons. The van der Waals surface area contributed by atoms with Crippen LogP contribution in [0.15, 0.2) is 29.2 Å². The molecule has 0 spiro atoms. The van der Waals surface area contributed by atoms with E-state index in [2.05, 4.69) is 0 Å². The molecule has 0 atom stereocenters. The Morgan fingerprint density at radius 3 is 2.73 bits per heavy atom. The fourth-order valence-electron chi connectivity index (χ4n) is 4.95. The van der Waals surface area contributed by atoms with E-state index >= 15 is 0 Å². The highest BCUT2D eigenvalue weighted by molar-refractivity contribution is 7.89. The first-order valence-electron chi connectivity index (χ1n) is 12.4. The molecule has 37 heavy (non-hydrogen) atoms. The molecule has 0 radical (unpaired) electrons. The highest BCUT2D eigenvalue weighted by Crippen LogP contribution is 2.36. The summed E-state index contributed by atoms with van der Waals surface area (Å²) in [6.07, 6.45) is 2.31. The first-order valence-corrected chi connectivity index (χ1v) is 15.0. The molecule has 2 aromatic rings. The van der Waals surface area contributed by atoms with Crippen molar-refractivity contribution in [3.63, 3.8) is 0 Å². The predicted octanol–water partition coefficient (Wildman–Crippen LogP) is 3.92. The van der Waals surface area contributed by atoms with Crippen molar-refractivity contribution in [2.45, 2.75) is 56.1 Å². The van der Waals surface area contributed by atoms with Crippen LogP contribution in [0.5, 0.6) is 0 Å². The van der Waals surface area contributed by atoms with Gasteiger partial charge in [0.15, 0.2) is 0 Å². The van der Waals surface area contributed by atoms with E-state index in [0.717, 1.165) is 29.7 Å². The monoisotopic (exact) mass is 573 g/mol. The number of nitrogens with zero attached hydrogens (tertiary/aromatic N) is 3. The van der Waals surface area contributed by atoms with Gasteiger partial charge in [0.25, 0.3) is 5.92 Å². The molecule has 1 aromatic heterocycles. The third kappa shape index (κ3) is 6.02. The molecular formula is C25H30ClF2N3O4S2. The average Bonchev–Trinajstić information content (AvgIpc) is 3.55. The maximum absolute atomic E-state index is 13.3. The van der Waals surface area contributed by atoms with Gasteiger partial charge in [-0.3, -0.25) is 9.69 Å². The van der Waals surface area contributed by atoms with Gasteiger partial charge in [-0.2, -0.15) is 4.31 Å². The third-order valence-electron chi connectivity index (χ3n) is 6.93. The molecule has 1 amide bonds. The Bertz CT molecular complexity index is 1250. The number of benzene rings is 1. The van der Waals surface area contributed by atoms with Gasteiger partial charge >= 0.3 is 0 Å². The summed E-state index contributed by atoms with van der Waals surface area (Å²) < 4.78 is 60.0. The first kappa shape index (κ1) is 27.0. The molecule has 1 saturated heterocycles. The van der Waals surface area contributed by atoms with Crippen LogP contribution in [0.2, 0.25) is 5.02 Å². The van der Waals surface area contributed by atoms with E-state index < -0.39 is 15.9 Å². The largest absolute Gasteiger partial charge is 0.370 e. The molecule has 2 aliphatic heterocycles. The number of halogens is 3. The number of carbonyl (C=O) groups is 1. The summed E-state index contributed by atoms with van der Waals surface area (Å²) in [6, 6.07) is 6.97. The number of hydrogen-bond acceptors (Lipinski definition) is 6. The number of fused-ring (bicyclic) bond motifs is 1. The van der Waals surface area contributed by atoms with Crippen molar-refractivity contribution in [2.75, 3.05) is 39.4 Å². The van der Waals surface area contributed by atoms with Gasteiger partial charge in [-0.1, -0.05) is 23.7 Å². The van der Waals surface area contributed by atoms with Crippen molar-refractivity contribution in [1.29, 1.82) is 0 Å². The highest BCUT2D eigenvalue weighted by atomic mass is 35.5. The van der Waals surface area contributed by atoms with Crippen LogP contribution in [-0.2, 0) is 39.1 Å². The maximum Gasteiger partial charge on any atom is 0.272 e. The predicted molar refractivity (Wildman–Crippen MR) is 138 cm³/mol. The molecule has 12 heteroatoms. The van der Waals surface area contributed by atoms with E-state index in [1.165, 1.54) is 9.18 Å². The zero-order valence-electron chi connectivity index (χ0n) is 20.6. The molecule has 3 heterocycles. The zero-order chi connectivity index (χ0) is 26.4. The van der Waals surface area contributed by atoms with E-state index in [-0.39, 0.29) is 54.7 Å². The number of likely N-dealkylation sites (tertiary alicyclic amines) is 1. The number of sulfonamides is 1. The quantitative estimate of drug-likeness (QED) is 0.403. The lowest BCUT2D eigenvalue weighted by Crippen LogP contribution is -2.55. The standard InChI is InChI=1S/C25H30ClF2N3O4S2/c1-17-3-2-4-21(26)24(17)37(33,34)31(19-5-6-19)9-10-35-14-23(32)30-8-7-22-18(12-30)11-20(36-22)13-29-15-25(27,28)16-29/h2-4,11,19H,5-10,12-16H2,1H3. The lowest BCUT2D eigenvalue weighted by Gasteiger charge is -2.38. The Hall–Kier alpha value is -1.63. The molecule has 3 aliphatic rings. The Morgan fingerprint density at radius 1 is 1.30 bits per heavy atom. The van der Waals surface area contributed by atoms with Crippen molar-refractivity contribution in [1.82, 2.24) is 14.1 Å². The van der Waals surface area contributed by atoms with Crippen molar-refractivity contribution >= 4 is 38.9 Å². The molecule has 0 unspecified atom stereocenters. The van der Waals surface area contributed by atoms with Gasteiger partial charge in [0.1, 0.15) is 11.5 Å². The third-order valence-corrected chi connectivity index (χ3v) is 10.7. The Morgan fingerprint density at radius 2 is 2.05 bits per heavy atom. The van der Waals surface area contributed by atoms with Gasteiger partial charge in [-0.15, -0.1) is 11.3 Å². The average molecular weight is 574 g/mol. The highest BCUT2D eigenvalue weighted by Gasteiger charge is 2.43. The molecule has 1 aromatic carbocycles. The molecule has 5 rings (SSSR count). The summed E-state index contributed by atoms with van der Waals surface area (Å²) in [6.45, 7) is 3.01. The molecule has 1 aliphatic carbocycles. The molecule has 0 N–H and O–H groups in total. The van der Waals surface area contributed by atoms with E-state index in [4.69, 9.17) is 16.3 Å². The summed E-state index contributed by atoms with van der Waals surface area (Å²) >= 11 is 7.87. The number of hydrogen-bond donors (Lipinski definition) is 0. The maximum atomic E-state index is 13.3. The van der Waals surface area contributed by atoms with Crippen molar-refractivity contribution in [2.24, 2.45) is 0 Å². The van der Waals surface area contributed by atoms with Crippen molar-refractivity contribution in [3.05, 3.63) is 50.2 Å². The summed E-state index contributed by atoms with van der Waals surface area (Å²) in [4.78, 5) is 18.6. The van der Waals surface area contributed by atoms with Gasteiger partial charge in [-0.05, 0) is 49.4 Å². The second-order valence-electron chi connectivity index (χ2n) is 10.0. The fourth-order valence-corrected chi connectivity index (χ4v) is 8.62. The van der Waals surface area contributed by atoms with Crippen molar-refractivity contribution in [3.8, 4) is 0 Å². The molecular weight excluding hydrogens is 544 g/mol. The number of thiophene rings is 1. The molecule has 2 fully saturated rings. The number of amides is 1. The van der Waals surface area contributed by atoms with Gasteiger partial charge in [0, 0.05) is 42.0 Å². The van der Waals surface area contributed by atoms with E-state index in [9.17, 15) is 22.0 Å². The number of ether oxygens (including phenoxy) is 1. The van der Waals surface area contributed by atoms with Crippen LogP contribution in [0.4, 0.5) is 8.78 Å². The number of alkyl halides is 2. The van der Waals surface area contributed by atoms with E-state index in [1.54, 1.807) is 46.3 Å². The fraction of sp³-hybridized carbons (Fsp3) is 0.560. The van der Waals surface area contributed by atoms with Gasteiger partial charge in [0.05, 0.1) is 24.7 Å². The number of carbonyl (C=O) groups excluding carboxylic acids is 1. The Kier molecular flexibility index (Phi) is 7.65. The minimum Gasteiger partial charge on any atom is -0.370 e. The van der Waals surface area contributed by atoms with Crippen LogP contribution in [0.3, 0.4) is 0 Å². The lowest BCUT2D eigenvalue weighted by atomic mass is 10.1. The van der Waals surface area contributed by atoms with Gasteiger partial charge in [-0.25, -0.2) is 17.2 Å². The Labute approximate surface area is 225 Å². The SMILES string of the molecule is Cc1cccc(Cl)c1S(=O)(=O)N(CCOCC(=O)N1CCc2sc(CN3CC(F)(F)C3)cc2C1)C1CC1. The summed E-state index contributed by atoms with van der Waals surface area (Å²) in [7, 11) is -3.78. The Balaban J connectivity index is 1.12. The second-order valence-corrected chi connectivity index (χ2v) is 13.5. The van der Waals surface area contributed by atoms with Gasteiger partial charge < -0.3 is 9.64 Å². The zero-order valence-corrected chi connectivity index (χ0v) is 23.0. The molecule has 7 nitrogen and oxygen atoms in total. The summed E-state index contributed by atoms with van der Waals surface area (Å²) in [5, 5.41) is 0.200. The lowest BCUT2D eigenvalue weighted by molar-refractivity contribution is -0.137. The summed E-state index contributed by atoms with van der Waals surface area (Å²) in [5.41, 5.74) is 1.66. The smallest absolute Gasteiger partial charge is 0.272 e. The van der Waals surface area contributed by atoms with Crippen LogP contribution in [-0.4, -0.2) is 79.8 Å². The van der Waals surface area contributed by atoms with Crippen molar-refractivity contribution < 1.29 is 26.7 Å². The number of aryl methyl sites for hydroxylation is 1. The molecule has 0 bridgehead atoms. The second kappa shape index (κ2) is 10.5. The minimum atomic E-state index is -3.78. The topological polar surface area (TPSA) is 70.2 Å². The van der Waals surface area contributed by atoms with Crippen LogP contribution in [0, 0.1) is 6.92 Å². The van der Waals surface area contributed by atoms with Crippen LogP contribution in [0.1, 0.15) is 33.7 Å². The van der Waals surface area contributed by atoms with Crippen LogP contribution >= 0.6 is 22.9 Å². The number of rotatable bonds is 10. The minimum absolute atomic E-state index is 0.0734. The van der Waals surface area contributed by atoms with E-state index in [0.29, 0.717) is 25.2 Å². The normalized spacial score (nSPS) is 19.6. The first-order chi connectivity index (χ1) is 17.5. The van der Waals surface area contributed by atoms with Crippen LogP contribution in [0.25, 0.3) is 0 Å². The van der Waals surface area contributed by atoms with Crippen LogP contribution < -0.4 is 0 Å². The van der Waals surface area contributed by atoms with E-state index in [1.807, 2.05) is 6.07 Å². The molecule has 1 saturated carbocycles. The summed E-state index contributed by atoms with van der Waals surface area (Å²) in [5.74, 6) is -2.73.